The van der Waals surface area contributed by atoms with Crippen LogP contribution >= 0.6 is 10.5 Å². The molecule has 0 aliphatic heterocycles. The molecule has 3 rings (SSSR count). The van der Waals surface area contributed by atoms with E-state index in [1.54, 1.807) is 6.07 Å². The van der Waals surface area contributed by atoms with Gasteiger partial charge in [-0.05, 0) is 37.0 Å². The van der Waals surface area contributed by atoms with Gasteiger partial charge < -0.3 is 17.3 Å². The number of alkyl halides is 3. The lowest BCUT2D eigenvalue weighted by Gasteiger charge is -2.18. The smallest absolute Gasteiger partial charge is 0.418 e. The monoisotopic (exact) mass is 400 g/mol. The van der Waals surface area contributed by atoms with Gasteiger partial charge in [0.2, 0.25) is 0 Å². The zero-order valence-corrected chi connectivity index (χ0v) is 15.1. The molecule has 1 fully saturated rings. The molecule has 0 spiro atoms. The third-order valence-electron chi connectivity index (χ3n) is 4.47. The predicted molar refractivity (Wildman–Crippen MR) is 93.1 cm³/mol. The molecule has 2 aromatic rings. The van der Waals surface area contributed by atoms with Crippen LogP contribution in [0.25, 0.3) is 10.1 Å². The molecule has 1 saturated carbocycles. The summed E-state index contributed by atoms with van der Waals surface area (Å²) in [5.41, 5.74) is -3.04. The van der Waals surface area contributed by atoms with Crippen molar-refractivity contribution in [2.24, 2.45) is 0 Å². The minimum atomic E-state index is -6.00. The summed E-state index contributed by atoms with van der Waals surface area (Å²) in [7, 11) is -7.70. The van der Waals surface area contributed by atoms with Gasteiger partial charge in [0.1, 0.15) is 0 Å². The first-order chi connectivity index (χ1) is 12.0. The van der Waals surface area contributed by atoms with Crippen LogP contribution in [-0.4, -0.2) is 7.25 Å². The van der Waals surface area contributed by atoms with Crippen molar-refractivity contribution in [2.75, 3.05) is 0 Å². The minimum Gasteiger partial charge on any atom is -0.418 e. The summed E-state index contributed by atoms with van der Waals surface area (Å²) in [5.74, 6) is 0.126. The van der Waals surface area contributed by atoms with Gasteiger partial charge in [-0.25, -0.2) is 0 Å². The van der Waals surface area contributed by atoms with Crippen molar-refractivity contribution in [2.45, 2.75) is 56.9 Å². The van der Waals surface area contributed by atoms with Crippen LogP contribution in [0.3, 0.4) is 0 Å². The van der Waals surface area contributed by atoms with E-state index in [1.165, 1.54) is 0 Å². The second-order valence-corrected chi connectivity index (χ2v) is 8.34. The zero-order valence-electron chi connectivity index (χ0n) is 14.3. The maximum absolute atomic E-state index is 13.6. The largest absolute Gasteiger partial charge is 0.673 e. The van der Waals surface area contributed by atoms with E-state index >= 15 is 0 Å². The number of fused-ring (bicyclic) bond motifs is 1. The van der Waals surface area contributed by atoms with Crippen LogP contribution < -0.4 is 0 Å². The topological polar surface area (TPSA) is 0 Å². The van der Waals surface area contributed by atoms with E-state index in [0.717, 1.165) is 49.5 Å². The van der Waals surface area contributed by atoms with E-state index in [4.69, 9.17) is 0 Å². The number of benzene rings is 1. The fraction of sp³-hybridized carbons (Fsp3) is 0.529. The van der Waals surface area contributed by atoms with Crippen LogP contribution in [0.4, 0.5) is 30.4 Å². The van der Waals surface area contributed by atoms with Crippen molar-refractivity contribution in [1.82, 2.24) is 0 Å². The van der Waals surface area contributed by atoms with Gasteiger partial charge in [0, 0.05) is 17.4 Å². The number of thiophene rings is 1. The second-order valence-electron chi connectivity index (χ2n) is 6.35. The second kappa shape index (κ2) is 8.19. The Morgan fingerprint density at radius 2 is 1.58 bits per heavy atom. The molecule has 1 heterocycles. The van der Waals surface area contributed by atoms with Crippen LogP contribution in [0.2, 0.25) is 0 Å². The van der Waals surface area contributed by atoms with Crippen molar-refractivity contribution < 1.29 is 30.4 Å². The Morgan fingerprint density at radius 3 is 2.08 bits per heavy atom. The lowest BCUT2D eigenvalue weighted by molar-refractivity contribution is -0.0868. The van der Waals surface area contributed by atoms with Gasteiger partial charge in [-0.1, -0.05) is 32.3 Å². The van der Waals surface area contributed by atoms with E-state index in [2.05, 4.69) is 0 Å². The van der Waals surface area contributed by atoms with Gasteiger partial charge >= 0.3 is 12.8 Å². The minimum absolute atomic E-state index is 0.126. The van der Waals surface area contributed by atoms with Crippen LogP contribution in [0.1, 0.15) is 55.4 Å². The number of halogens is 7. The van der Waals surface area contributed by atoms with Gasteiger partial charge in [-0.3, -0.25) is 0 Å². The maximum Gasteiger partial charge on any atom is 0.673 e. The SMILES string of the molecule is CCc1ccc2c(c1)cc(C1CCCCC1)[s+]2C(F)(F)F.F[B-](F)(F)F. The van der Waals surface area contributed by atoms with Crippen LogP contribution in [0, 0.1) is 0 Å². The Bertz CT molecular complexity index is 721. The molecule has 0 bridgehead atoms. The van der Waals surface area contributed by atoms with Crippen LogP contribution in [0.5, 0.6) is 0 Å². The Morgan fingerprint density at radius 1 is 1.00 bits per heavy atom. The van der Waals surface area contributed by atoms with Gasteiger partial charge in [0.25, 0.3) is 0 Å². The first kappa shape index (κ1) is 21.1. The standard InChI is InChI=1S/C17H20F3S.BF4/c1-2-12-8-9-15-14(10-12)11-16(21(15)17(18,19)20)13-6-4-3-5-7-13;2-1(3,4)5/h8-11,13H,2-7H2,1H3;/q+1;-1. The molecule has 1 unspecified atom stereocenters. The molecule has 1 atom stereocenters. The highest BCUT2D eigenvalue weighted by Crippen LogP contribution is 2.55. The molecule has 1 aromatic heterocycles. The van der Waals surface area contributed by atoms with Gasteiger partial charge in [-0.2, -0.15) is 0 Å². The van der Waals surface area contributed by atoms with E-state index in [0.29, 0.717) is 9.58 Å². The van der Waals surface area contributed by atoms with E-state index in [9.17, 15) is 30.4 Å². The highest BCUT2D eigenvalue weighted by atomic mass is 32.2. The Hall–Kier alpha value is -1.25. The molecule has 146 valence electrons. The van der Waals surface area contributed by atoms with Crippen molar-refractivity contribution in [3.63, 3.8) is 0 Å². The van der Waals surface area contributed by atoms with Crippen molar-refractivity contribution in [1.29, 1.82) is 0 Å². The lowest BCUT2D eigenvalue weighted by Crippen LogP contribution is -2.06. The fourth-order valence-corrected chi connectivity index (χ4v) is 5.53. The zero-order chi connectivity index (χ0) is 19.5. The van der Waals surface area contributed by atoms with Crippen molar-refractivity contribution >= 4 is 27.8 Å². The average Bonchev–Trinajstić information content (AvgIpc) is 2.92. The fourth-order valence-electron chi connectivity index (χ4n) is 3.39. The molecule has 1 aliphatic rings. The highest BCUT2D eigenvalue weighted by Gasteiger charge is 2.49. The number of rotatable bonds is 2. The highest BCUT2D eigenvalue weighted by molar-refractivity contribution is 7.38. The molecule has 1 aromatic carbocycles. The number of hydrogen-bond acceptors (Lipinski definition) is 0. The normalized spacial score (nSPS) is 17.2. The van der Waals surface area contributed by atoms with Crippen molar-refractivity contribution in [3.8, 4) is 0 Å². The molecule has 9 heteroatoms. The molecular formula is C17H20BF7S. The molecular weight excluding hydrogens is 380 g/mol. The maximum atomic E-state index is 13.6. The van der Waals surface area contributed by atoms with E-state index in [-0.39, 0.29) is 5.92 Å². The number of aryl methyl sites for hydroxylation is 1. The summed E-state index contributed by atoms with van der Waals surface area (Å²) in [4.78, 5) is 0.644. The predicted octanol–water partition coefficient (Wildman–Crippen LogP) is 7.98. The first-order valence-corrected chi connectivity index (χ1v) is 9.76. The Kier molecular flexibility index (Phi) is 6.63. The summed E-state index contributed by atoms with van der Waals surface area (Å²) >= 11 is 0. The molecule has 0 saturated heterocycles. The Balaban J connectivity index is 0.000000431. The first-order valence-electron chi connectivity index (χ1n) is 8.53. The van der Waals surface area contributed by atoms with Crippen LogP contribution in [0.15, 0.2) is 24.3 Å². The summed E-state index contributed by atoms with van der Waals surface area (Å²) in [6.07, 6.45) is 5.98. The average molecular weight is 400 g/mol. The molecule has 0 nitrogen and oxygen atoms in total. The number of hydrogen-bond donors (Lipinski definition) is 0. The molecule has 26 heavy (non-hydrogen) atoms. The summed E-state index contributed by atoms with van der Waals surface area (Å²) in [6, 6.07) is 7.34. The third-order valence-corrected chi connectivity index (χ3v) is 6.67. The van der Waals surface area contributed by atoms with Gasteiger partial charge in [0.15, 0.2) is 9.58 Å². The Labute approximate surface area is 150 Å². The molecule has 1 aliphatic carbocycles. The van der Waals surface area contributed by atoms with E-state index < -0.39 is 23.2 Å². The third kappa shape index (κ3) is 5.63. The summed E-state index contributed by atoms with van der Waals surface area (Å²) in [6.45, 7) is 2.03. The van der Waals surface area contributed by atoms with E-state index in [1.807, 2.05) is 25.1 Å². The molecule has 0 amide bonds. The lowest BCUT2D eigenvalue weighted by atomic mass is 9.88. The summed E-state index contributed by atoms with van der Waals surface area (Å²) in [5, 5.41) is 0.801. The molecule has 0 radical (unpaired) electrons. The van der Waals surface area contributed by atoms with Crippen LogP contribution in [-0.2, 0) is 11.9 Å². The van der Waals surface area contributed by atoms with Gasteiger partial charge in [0.05, 0.1) is 10.5 Å². The van der Waals surface area contributed by atoms with Crippen molar-refractivity contribution in [3.05, 3.63) is 34.7 Å². The molecule has 0 N–H and O–H groups in total. The quantitative estimate of drug-likeness (QED) is 0.272. The summed E-state index contributed by atoms with van der Waals surface area (Å²) < 4.78 is 80.3. The van der Waals surface area contributed by atoms with Gasteiger partial charge in [-0.15, -0.1) is 13.2 Å².